The maximum absolute atomic E-state index is 12.6. The lowest BCUT2D eigenvalue weighted by Crippen LogP contribution is -2.27. The summed E-state index contributed by atoms with van der Waals surface area (Å²) in [5.74, 6) is -1.31. The number of esters is 1. The van der Waals surface area contributed by atoms with E-state index < -0.39 is 23.0 Å². The van der Waals surface area contributed by atoms with E-state index in [-0.39, 0.29) is 12.4 Å². The van der Waals surface area contributed by atoms with Gasteiger partial charge in [0.1, 0.15) is 12.5 Å². The molecule has 0 amide bonds. The average Bonchev–Trinajstić information content (AvgIpc) is 3.07. The quantitative estimate of drug-likeness (QED) is 0.436. The van der Waals surface area contributed by atoms with Crippen LogP contribution in [0.5, 0.6) is 0 Å². The topological polar surface area (TPSA) is 78.7 Å². The Hall–Kier alpha value is -3.15. The normalized spacial score (nSPS) is 18.9. The zero-order valence-electron chi connectivity index (χ0n) is 15.3. The van der Waals surface area contributed by atoms with Gasteiger partial charge in [0.15, 0.2) is 0 Å². The highest BCUT2D eigenvalue weighted by molar-refractivity contribution is 5.88. The van der Waals surface area contributed by atoms with Gasteiger partial charge in [-0.1, -0.05) is 61.5 Å². The number of carbonyl (C=O) groups excluding carboxylic acids is 1. The van der Waals surface area contributed by atoms with Crippen molar-refractivity contribution >= 4 is 5.97 Å². The van der Waals surface area contributed by atoms with Gasteiger partial charge in [0, 0.05) is 0 Å². The molecular weight excluding hydrogens is 346 g/mol. The summed E-state index contributed by atoms with van der Waals surface area (Å²) >= 11 is 0. The Kier molecular flexibility index (Phi) is 5.54. The number of rotatable bonds is 6. The van der Waals surface area contributed by atoms with E-state index in [1.807, 2.05) is 68.4 Å². The van der Waals surface area contributed by atoms with Crippen molar-refractivity contribution in [2.24, 2.45) is 0 Å². The molecule has 2 aromatic rings. The fourth-order valence-electron chi connectivity index (χ4n) is 3.37. The van der Waals surface area contributed by atoms with Crippen LogP contribution in [0.15, 0.2) is 65.9 Å². The van der Waals surface area contributed by atoms with Gasteiger partial charge >= 0.3 is 12.2 Å². The highest BCUT2D eigenvalue weighted by Gasteiger charge is 2.47. The molecule has 0 bridgehead atoms. The van der Waals surface area contributed by atoms with Crippen molar-refractivity contribution in [3.05, 3.63) is 92.7 Å². The van der Waals surface area contributed by atoms with Gasteiger partial charge in [-0.2, -0.15) is 0 Å². The smallest absolute Gasteiger partial charge is 0.374 e. The van der Waals surface area contributed by atoms with Crippen molar-refractivity contribution in [2.45, 2.75) is 39.0 Å². The highest BCUT2D eigenvalue weighted by Crippen LogP contribution is 2.42. The molecule has 27 heavy (non-hydrogen) atoms. The van der Waals surface area contributed by atoms with Gasteiger partial charge in [-0.3, -0.25) is 10.1 Å². The first-order chi connectivity index (χ1) is 13.0. The zero-order valence-corrected chi connectivity index (χ0v) is 15.3. The van der Waals surface area contributed by atoms with Crippen LogP contribution in [0.3, 0.4) is 0 Å². The molecule has 140 valence electrons. The zero-order chi connectivity index (χ0) is 19.4. The first kappa shape index (κ1) is 18.6. The predicted molar refractivity (Wildman–Crippen MR) is 99.3 cm³/mol. The van der Waals surface area contributed by atoms with Crippen LogP contribution in [-0.4, -0.2) is 17.1 Å². The molecule has 0 saturated carbocycles. The number of hydrogen-bond donors (Lipinski definition) is 0. The molecule has 0 saturated heterocycles. The van der Waals surface area contributed by atoms with E-state index in [1.54, 1.807) is 0 Å². The summed E-state index contributed by atoms with van der Waals surface area (Å²) in [5.41, 5.74) is 3.15. The minimum atomic E-state index is -1.33. The minimum Gasteiger partial charge on any atom is -0.455 e. The molecule has 2 atom stereocenters. The molecule has 2 aromatic carbocycles. The average molecular weight is 367 g/mol. The molecule has 6 heteroatoms. The van der Waals surface area contributed by atoms with Crippen molar-refractivity contribution < 1.29 is 19.2 Å². The van der Waals surface area contributed by atoms with E-state index >= 15 is 0 Å². The second-order valence-electron chi connectivity index (χ2n) is 6.40. The molecule has 0 N–H and O–H groups in total. The van der Waals surface area contributed by atoms with E-state index in [1.165, 1.54) is 0 Å². The third-order valence-corrected chi connectivity index (χ3v) is 4.70. The number of ether oxygens (including phenoxy) is 2. The van der Waals surface area contributed by atoms with Crippen LogP contribution in [0.4, 0.5) is 0 Å². The first-order valence-corrected chi connectivity index (χ1v) is 8.82. The summed E-state index contributed by atoms with van der Waals surface area (Å²) in [6.45, 7) is 3.84. The van der Waals surface area contributed by atoms with Crippen LogP contribution in [-0.2, 0) is 20.9 Å². The number of hydrogen-bond acceptors (Lipinski definition) is 5. The lowest BCUT2D eigenvalue weighted by Gasteiger charge is -2.16. The third kappa shape index (κ3) is 3.84. The molecule has 0 fully saturated rings. The molecule has 1 aliphatic heterocycles. The number of aryl methyl sites for hydroxylation is 1. The SMILES string of the molecule is CCC1=C(C(=O)OCc2ccccc2)O[C@H]([N+](=O)[O-])[C@H]1c1ccccc1C. The Balaban J connectivity index is 1.90. The Morgan fingerprint density at radius 3 is 2.44 bits per heavy atom. The Labute approximate surface area is 157 Å². The Bertz CT molecular complexity index is 875. The molecule has 0 spiro atoms. The maximum Gasteiger partial charge on any atom is 0.374 e. The van der Waals surface area contributed by atoms with E-state index in [9.17, 15) is 14.9 Å². The van der Waals surface area contributed by atoms with Crippen LogP contribution in [0.2, 0.25) is 0 Å². The van der Waals surface area contributed by atoms with E-state index in [4.69, 9.17) is 9.47 Å². The van der Waals surface area contributed by atoms with Crippen molar-refractivity contribution in [1.82, 2.24) is 0 Å². The van der Waals surface area contributed by atoms with E-state index in [2.05, 4.69) is 0 Å². The summed E-state index contributed by atoms with van der Waals surface area (Å²) in [6.07, 6.45) is -0.876. The third-order valence-electron chi connectivity index (χ3n) is 4.70. The van der Waals surface area contributed by atoms with Crippen LogP contribution >= 0.6 is 0 Å². The molecule has 0 aliphatic carbocycles. The van der Waals surface area contributed by atoms with Crippen molar-refractivity contribution in [2.75, 3.05) is 0 Å². The van der Waals surface area contributed by atoms with Gasteiger partial charge in [-0.15, -0.1) is 0 Å². The second-order valence-corrected chi connectivity index (χ2v) is 6.40. The van der Waals surface area contributed by atoms with Crippen LogP contribution in [0, 0.1) is 17.0 Å². The summed E-state index contributed by atoms with van der Waals surface area (Å²) < 4.78 is 10.8. The van der Waals surface area contributed by atoms with Crippen molar-refractivity contribution in [3.8, 4) is 0 Å². The molecule has 0 unspecified atom stereocenters. The van der Waals surface area contributed by atoms with Crippen molar-refractivity contribution in [3.63, 3.8) is 0 Å². The van der Waals surface area contributed by atoms with Crippen molar-refractivity contribution in [1.29, 1.82) is 0 Å². The Morgan fingerprint density at radius 1 is 1.15 bits per heavy atom. The largest absolute Gasteiger partial charge is 0.455 e. The van der Waals surface area contributed by atoms with Gasteiger partial charge in [0.25, 0.3) is 0 Å². The van der Waals surface area contributed by atoms with Gasteiger partial charge in [-0.05, 0) is 35.6 Å². The fraction of sp³-hybridized carbons (Fsp3) is 0.286. The van der Waals surface area contributed by atoms with Crippen LogP contribution in [0.1, 0.15) is 36.0 Å². The van der Waals surface area contributed by atoms with Crippen LogP contribution in [0.25, 0.3) is 0 Å². The fourth-order valence-corrected chi connectivity index (χ4v) is 3.37. The lowest BCUT2D eigenvalue weighted by molar-refractivity contribution is -0.570. The molecule has 1 heterocycles. The monoisotopic (exact) mass is 367 g/mol. The predicted octanol–water partition coefficient (Wildman–Crippen LogP) is 4.12. The minimum absolute atomic E-state index is 0.0385. The molecule has 0 radical (unpaired) electrons. The lowest BCUT2D eigenvalue weighted by atomic mass is 9.86. The first-order valence-electron chi connectivity index (χ1n) is 8.82. The molecule has 1 aliphatic rings. The number of benzene rings is 2. The second kappa shape index (κ2) is 8.03. The summed E-state index contributed by atoms with van der Waals surface area (Å²) in [6, 6.07) is 16.7. The van der Waals surface area contributed by atoms with E-state index in [0.29, 0.717) is 12.0 Å². The molecule has 0 aromatic heterocycles. The van der Waals surface area contributed by atoms with Gasteiger partial charge in [0.2, 0.25) is 5.76 Å². The highest BCUT2D eigenvalue weighted by atomic mass is 16.7. The number of carbonyl (C=O) groups is 1. The number of nitro groups is 1. The molecule has 3 rings (SSSR count). The van der Waals surface area contributed by atoms with Crippen LogP contribution < -0.4 is 0 Å². The summed E-state index contributed by atoms with van der Waals surface area (Å²) in [7, 11) is 0. The molecule has 6 nitrogen and oxygen atoms in total. The van der Waals surface area contributed by atoms with E-state index in [0.717, 1.165) is 16.7 Å². The number of nitrogens with zero attached hydrogens (tertiary/aromatic N) is 1. The summed E-state index contributed by atoms with van der Waals surface area (Å²) in [4.78, 5) is 23.7. The Morgan fingerprint density at radius 2 is 1.81 bits per heavy atom. The van der Waals surface area contributed by atoms with Gasteiger partial charge in [-0.25, -0.2) is 4.79 Å². The summed E-state index contributed by atoms with van der Waals surface area (Å²) in [5, 5.41) is 11.6. The maximum atomic E-state index is 12.6. The van der Waals surface area contributed by atoms with Gasteiger partial charge < -0.3 is 9.47 Å². The van der Waals surface area contributed by atoms with Gasteiger partial charge in [0.05, 0.1) is 4.92 Å². The standard InChI is InChI=1S/C21H21NO5/c1-3-16-18(17-12-8-7-9-14(17)2)20(22(24)25)27-19(16)21(23)26-13-15-10-5-4-6-11-15/h4-12,18,20H,3,13H2,1-2H3/t18-,20+/m1/s1. The molecular formula is C21H21NO5.